The highest BCUT2D eigenvalue weighted by molar-refractivity contribution is 7.99. The van der Waals surface area contributed by atoms with Gasteiger partial charge in [-0.1, -0.05) is 5.10 Å². The van der Waals surface area contributed by atoms with E-state index in [0.717, 1.165) is 18.1 Å². The number of aromatic nitrogens is 2. The van der Waals surface area contributed by atoms with Gasteiger partial charge in [0.25, 0.3) is 0 Å². The van der Waals surface area contributed by atoms with Gasteiger partial charge in [0, 0.05) is 25.0 Å². The van der Waals surface area contributed by atoms with Gasteiger partial charge in [0.2, 0.25) is 11.8 Å². The van der Waals surface area contributed by atoms with Gasteiger partial charge < -0.3 is 9.73 Å². The Balaban J connectivity index is 1.91. The van der Waals surface area contributed by atoms with Crippen LogP contribution in [0, 0.1) is 6.92 Å². The summed E-state index contributed by atoms with van der Waals surface area (Å²) in [6, 6.07) is -0.00849. The van der Waals surface area contributed by atoms with Gasteiger partial charge in [0.05, 0.1) is 6.04 Å². The van der Waals surface area contributed by atoms with E-state index < -0.39 is 0 Å². The van der Waals surface area contributed by atoms with Crippen LogP contribution >= 0.6 is 11.8 Å². The van der Waals surface area contributed by atoms with Gasteiger partial charge in [0.1, 0.15) is 0 Å². The lowest BCUT2D eigenvalue weighted by atomic mass is 10.3. The molecule has 1 atom stereocenters. The summed E-state index contributed by atoms with van der Waals surface area (Å²) in [6.07, 6.45) is 0. The first kappa shape index (κ1) is 10.4. The third-order valence-electron chi connectivity index (χ3n) is 1.99. The van der Waals surface area contributed by atoms with Crippen LogP contribution in [-0.2, 0) is 4.79 Å². The molecule has 7 heteroatoms. The van der Waals surface area contributed by atoms with Crippen LogP contribution in [0.25, 0.3) is 0 Å². The van der Waals surface area contributed by atoms with Gasteiger partial charge in [0.15, 0.2) is 0 Å². The lowest BCUT2D eigenvalue weighted by Gasteiger charge is -2.21. The van der Waals surface area contributed by atoms with E-state index in [-0.39, 0.29) is 18.0 Å². The van der Waals surface area contributed by atoms with Crippen LogP contribution in [0.1, 0.15) is 5.89 Å². The number of amides is 1. The summed E-state index contributed by atoms with van der Waals surface area (Å²) in [4.78, 5) is 11.7. The van der Waals surface area contributed by atoms with Crippen molar-refractivity contribution in [2.45, 2.75) is 13.0 Å². The van der Waals surface area contributed by atoms with Crippen molar-refractivity contribution >= 4 is 23.7 Å². The van der Waals surface area contributed by atoms with Gasteiger partial charge in [-0.2, -0.15) is 11.8 Å². The molecule has 0 radical (unpaired) electrons. The molecule has 1 amide bonds. The molecule has 0 aliphatic carbocycles. The Morgan fingerprint density at radius 3 is 3.13 bits per heavy atom. The molecule has 1 saturated heterocycles. The summed E-state index contributed by atoms with van der Waals surface area (Å²) < 4.78 is 5.06. The van der Waals surface area contributed by atoms with E-state index in [9.17, 15) is 4.79 Å². The molecule has 1 fully saturated rings. The molecule has 0 spiro atoms. The summed E-state index contributed by atoms with van der Waals surface area (Å²) in [7, 11) is 0. The zero-order chi connectivity index (χ0) is 10.7. The number of rotatable bonds is 2. The second-order valence-electron chi connectivity index (χ2n) is 3.20. The summed E-state index contributed by atoms with van der Waals surface area (Å²) >= 11 is 1.76. The fourth-order valence-electron chi connectivity index (χ4n) is 1.27. The Morgan fingerprint density at radius 2 is 2.53 bits per heavy atom. The van der Waals surface area contributed by atoms with Crippen molar-refractivity contribution in [1.82, 2.24) is 15.5 Å². The lowest BCUT2D eigenvalue weighted by molar-refractivity contribution is -0.117. The summed E-state index contributed by atoms with van der Waals surface area (Å²) in [5.74, 6) is 2.14. The minimum atomic E-state index is -0.170. The minimum absolute atomic E-state index is 0.120. The highest BCUT2D eigenvalue weighted by Gasteiger charge is 2.22. The Bertz CT molecular complexity index is 348. The van der Waals surface area contributed by atoms with Gasteiger partial charge in [-0.25, -0.2) is 0 Å². The van der Waals surface area contributed by atoms with Crippen LogP contribution in [0.5, 0.6) is 0 Å². The Labute approximate surface area is 91.2 Å². The second kappa shape index (κ2) is 4.63. The number of carbonyl (C=O) groups is 1. The third kappa shape index (κ3) is 2.69. The predicted molar refractivity (Wildman–Crippen MR) is 56.8 cm³/mol. The van der Waals surface area contributed by atoms with Crippen molar-refractivity contribution in [2.75, 3.05) is 23.4 Å². The first-order valence-corrected chi connectivity index (χ1v) is 5.83. The average Bonchev–Trinajstić information content (AvgIpc) is 2.65. The van der Waals surface area contributed by atoms with Crippen LogP contribution in [-0.4, -0.2) is 40.2 Å². The summed E-state index contributed by atoms with van der Waals surface area (Å²) in [6.45, 7) is 2.53. The molecular formula is C8H12N4O2S. The standard InChI is InChI=1S/C8H12N4O2S/c1-5-11-12-8(14-5)10-7(13)6-4-15-3-2-9-6/h6,9H,2-4H2,1H3,(H,10,12,13). The number of nitrogens with zero attached hydrogens (tertiary/aromatic N) is 2. The highest BCUT2D eigenvalue weighted by atomic mass is 32.2. The molecule has 1 unspecified atom stereocenters. The number of hydrogen-bond donors (Lipinski definition) is 2. The molecule has 82 valence electrons. The van der Waals surface area contributed by atoms with Crippen molar-refractivity contribution in [2.24, 2.45) is 0 Å². The molecule has 6 nitrogen and oxygen atoms in total. The van der Waals surface area contributed by atoms with E-state index in [1.807, 2.05) is 0 Å². The molecular weight excluding hydrogens is 216 g/mol. The van der Waals surface area contributed by atoms with E-state index >= 15 is 0 Å². The normalized spacial score (nSPS) is 21.3. The molecule has 1 aromatic heterocycles. The van der Waals surface area contributed by atoms with Gasteiger partial charge in [-0.15, -0.1) is 5.10 Å². The summed E-state index contributed by atoms with van der Waals surface area (Å²) in [5, 5.41) is 13.0. The quantitative estimate of drug-likeness (QED) is 0.743. The first-order valence-electron chi connectivity index (χ1n) is 4.68. The van der Waals surface area contributed by atoms with Crippen LogP contribution in [0.15, 0.2) is 4.42 Å². The first-order chi connectivity index (χ1) is 7.25. The van der Waals surface area contributed by atoms with E-state index in [4.69, 9.17) is 4.42 Å². The molecule has 15 heavy (non-hydrogen) atoms. The fourth-order valence-corrected chi connectivity index (χ4v) is 2.21. The molecule has 2 heterocycles. The zero-order valence-electron chi connectivity index (χ0n) is 8.32. The number of carbonyl (C=O) groups excluding carboxylic acids is 1. The number of aryl methyl sites for hydroxylation is 1. The Hall–Kier alpha value is -1.08. The van der Waals surface area contributed by atoms with Crippen molar-refractivity contribution in [3.63, 3.8) is 0 Å². The largest absolute Gasteiger partial charge is 0.408 e. The smallest absolute Gasteiger partial charge is 0.322 e. The topological polar surface area (TPSA) is 80.0 Å². The van der Waals surface area contributed by atoms with Crippen molar-refractivity contribution in [1.29, 1.82) is 0 Å². The highest BCUT2D eigenvalue weighted by Crippen LogP contribution is 2.10. The minimum Gasteiger partial charge on any atom is -0.408 e. The van der Waals surface area contributed by atoms with Gasteiger partial charge >= 0.3 is 6.01 Å². The van der Waals surface area contributed by atoms with E-state index in [1.54, 1.807) is 18.7 Å². The van der Waals surface area contributed by atoms with Crippen molar-refractivity contribution < 1.29 is 9.21 Å². The molecule has 0 saturated carbocycles. The Kier molecular flexibility index (Phi) is 3.22. The van der Waals surface area contributed by atoms with Crippen LogP contribution in [0.3, 0.4) is 0 Å². The Morgan fingerprint density at radius 1 is 1.67 bits per heavy atom. The lowest BCUT2D eigenvalue weighted by Crippen LogP contribution is -2.46. The third-order valence-corrected chi connectivity index (χ3v) is 3.06. The molecule has 2 rings (SSSR count). The molecule has 1 aliphatic rings. The maximum absolute atomic E-state index is 11.7. The molecule has 1 aliphatic heterocycles. The van der Waals surface area contributed by atoms with Gasteiger partial charge in [-0.3, -0.25) is 10.1 Å². The molecule has 0 aromatic carbocycles. The van der Waals surface area contributed by atoms with Crippen molar-refractivity contribution in [3.05, 3.63) is 5.89 Å². The molecule has 0 bridgehead atoms. The number of anilines is 1. The average molecular weight is 228 g/mol. The SMILES string of the molecule is Cc1nnc(NC(=O)C2CSCCN2)o1. The number of nitrogens with one attached hydrogen (secondary N) is 2. The predicted octanol–water partition coefficient (Wildman–Crippen LogP) is 0.0215. The van der Waals surface area contributed by atoms with Crippen LogP contribution < -0.4 is 10.6 Å². The van der Waals surface area contributed by atoms with E-state index in [1.165, 1.54) is 0 Å². The monoisotopic (exact) mass is 228 g/mol. The van der Waals surface area contributed by atoms with E-state index in [0.29, 0.717) is 5.89 Å². The maximum atomic E-state index is 11.7. The van der Waals surface area contributed by atoms with Crippen LogP contribution in [0.2, 0.25) is 0 Å². The molecule has 2 N–H and O–H groups in total. The second-order valence-corrected chi connectivity index (χ2v) is 4.35. The molecule has 1 aromatic rings. The zero-order valence-corrected chi connectivity index (χ0v) is 9.13. The maximum Gasteiger partial charge on any atom is 0.322 e. The number of hydrogen-bond acceptors (Lipinski definition) is 6. The van der Waals surface area contributed by atoms with Gasteiger partial charge in [-0.05, 0) is 0 Å². The van der Waals surface area contributed by atoms with Crippen LogP contribution in [0.4, 0.5) is 6.01 Å². The summed E-state index contributed by atoms with van der Waals surface area (Å²) in [5.41, 5.74) is 0. The fraction of sp³-hybridized carbons (Fsp3) is 0.625. The van der Waals surface area contributed by atoms with E-state index in [2.05, 4.69) is 20.8 Å². The van der Waals surface area contributed by atoms with Crippen molar-refractivity contribution in [3.8, 4) is 0 Å². The number of thioether (sulfide) groups is 1.